The molecule has 0 aliphatic carbocycles. The van der Waals surface area contributed by atoms with Crippen molar-refractivity contribution in [3.63, 3.8) is 0 Å². The molecule has 9 nitrogen and oxygen atoms in total. The number of urea groups is 1. The third-order valence-electron chi connectivity index (χ3n) is 5.73. The van der Waals surface area contributed by atoms with Gasteiger partial charge in [0.25, 0.3) is 0 Å². The van der Waals surface area contributed by atoms with E-state index in [9.17, 15) is 13.2 Å². The van der Waals surface area contributed by atoms with Gasteiger partial charge in [0.15, 0.2) is 11.5 Å². The molecule has 3 aromatic rings. The average Bonchev–Trinajstić information content (AvgIpc) is 3.26. The third kappa shape index (κ3) is 3.61. The highest BCUT2D eigenvalue weighted by Crippen LogP contribution is 2.34. The van der Waals surface area contributed by atoms with E-state index in [0.29, 0.717) is 22.6 Å². The molecule has 10 heteroatoms. The zero-order chi connectivity index (χ0) is 22.3. The quantitative estimate of drug-likeness (QED) is 0.653. The van der Waals surface area contributed by atoms with Crippen LogP contribution >= 0.6 is 0 Å². The van der Waals surface area contributed by atoms with E-state index in [1.165, 1.54) is 4.31 Å². The van der Waals surface area contributed by atoms with Crippen LogP contribution in [0.2, 0.25) is 0 Å². The van der Waals surface area contributed by atoms with Crippen LogP contribution in [0, 0.1) is 0 Å². The van der Waals surface area contributed by atoms with Crippen molar-refractivity contribution in [1.82, 2.24) is 14.2 Å². The lowest BCUT2D eigenvalue weighted by Gasteiger charge is -2.39. The molecule has 2 amide bonds. The summed E-state index contributed by atoms with van der Waals surface area (Å²) in [5.41, 5.74) is 0.589. The van der Waals surface area contributed by atoms with Crippen LogP contribution in [-0.2, 0) is 10.0 Å². The van der Waals surface area contributed by atoms with Crippen molar-refractivity contribution in [2.24, 2.45) is 0 Å². The summed E-state index contributed by atoms with van der Waals surface area (Å²) in [5.74, 6) is 1.22. The van der Waals surface area contributed by atoms with Gasteiger partial charge in [-0.2, -0.15) is 4.31 Å². The second kappa shape index (κ2) is 7.95. The maximum Gasteiger partial charge on any atom is 0.322 e. The van der Waals surface area contributed by atoms with Crippen LogP contribution < -0.4 is 14.8 Å². The molecule has 0 bridgehead atoms. The maximum atomic E-state index is 13.4. The highest BCUT2D eigenvalue weighted by atomic mass is 32.2. The lowest BCUT2D eigenvalue weighted by Crippen LogP contribution is -2.56. The Morgan fingerprint density at radius 3 is 2.81 bits per heavy atom. The van der Waals surface area contributed by atoms with Crippen molar-refractivity contribution in [3.8, 4) is 11.5 Å². The standard InChI is InChI=1S/C22H22N4O5S/c1-15-13-25(32(28,29)21-4-2-3-16-12-23-8-7-18(16)21)9-10-26(15)22(27)24-17-5-6-19-20(11-17)31-14-30-19/h2-8,11-12,15H,9-10,13-14H2,1H3,(H,24,27)/t15-/m0/s1. The molecule has 5 rings (SSSR count). The van der Waals surface area contributed by atoms with E-state index in [1.54, 1.807) is 53.7 Å². The number of anilines is 1. The Morgan fingerprint density at radius 2 is 1.97 bits per heavy atom. The van der Waals surface area contributed by atoms with Crippen molar-refractivity contribution in [2.45, 2.75) is 17.9 Å². The number of hydrogen-bond donors (Lipinski definition) is 1. The first-order chi connectivity index (χ1) is 15.4. The minimum absolute atomic E-state index is 0.160. The number of amides is 2. The maximum absolute atomic E-state index is 13.4. The van der Waals surface area contributed by atoms with E-state index in [0.717, 1.165) is 5.39 Å². The van der Waals surface area contributed by atoms with Gasteiger partial charge in [-0.15, -0.1) is 0 Å². The van der Waals surface area contributed by atoms with Crippen LogP contribution in [0.1, 0.15) is 6.92 Å². The number of rotatable bonds is 3. The summed E-state index contributed by atoms with van der Waals surface area (Å²) < 4.78 is 38.8. The Bertz CT molecular complexity index is 1290. The molecule has 2 aliphatic heterocycles. The van der Waals surface area contributed by atoms with Crippen LogP contribution in [0.4, 0.5) is 10.5 Å². The molecular weight excluding hydrogens is 432 g/mol. The lowest BCUT2D eigenvalue weighted by molar-refractivity contribution is 0.149. The summed E-state index contributed by atoms with van der Waals surface area (Å²) in [6.07, 6.45) is 3.23. The van der Waals surface area contributed by atoms with Gasteiger partial charge >= 0.3 is 6.03 Å². The number of hydrogen-bond acceptors (Lipinski definition) is 6. The fourth-order valence-corrected chi connectivity index (χ4v) is 5.80. The number of fused-ring (bicyclic) bond motifs is 2. The molecule has 0 unspecified atom stereocenters. The average molecular weight is 455 g/mol. The SMILES string of the molecule is C[C@H]1CN(S(=O)(=O)c2cccc3cnccc23)CCN1C(=O)Nc1ccc2c(c1)OCO2. The Kier molecular flexibility index (Phi) is 5.10. The fourth-order valence-electron chi connectivity index (χ4n) is 4.07. The van der Waals surface area contributed by atoms with Gasteiger partial charge in [0.1, 0.15) is 0 Å². The second-order valence-corrected chi connectivity index (χ2v) is 9.66. The van der Waals surface area contributed by atoms with Crippen LogP contribution in [0.25, 0.3) is 10.8 Å². The molecule has 166 valence electrons. The molecule has 1 aromatic heterocycles. The summed E-state index contributed by atoms with van der Waals surface area (Å²) >= 11 is 0. The van der Waals surface area contributed by atoms with E-state index in [4.69, 9.17) is 9.47 Å². The van der Waals surface area contributed by atoms with Gasteiger partial charge < -0.3 is 19.7 Å². The lowest BCUT2D eigenvalue weighted by atomic mass is 10.2. The minimum atomic E-state index is -3.72. The molecule has 1 fully saturated rings. The zero-order valence-electron chi connectivity index (χ0n) is 17.4. The smallest absolute Gasteiger partial charge is 0.322 e. The normalized spacial score (nSPS) is 18.7. The fraction of sp³-hybridized carbons (Fsp3) is 0.273. The predicted molar refractivity (Wildman–Crippen MR) is 118 cm³/mol. The van der Waals surface area contributed by atoms with Crippen LogP contribution in [0.5, 0.6) is 11.5 Å². The van der Waals surface area contributed by atoms with Gasteiger partial charge in [0.05, 0.1) is 4.90 Å². The first kappa shape index (κ1) is 20.5. The van der Waals surface area contributed by atoms with Crippen molar-refractivity contribution in [3.05, 3.63) is 54.9 Å². The number of nitrogens with one attached hydrogen (secondary N) is 1. The number of nitrogens with zero attached hydrogens (tertiary/aromatic N) is 3. The van der Waals surface area contributed by atoms with E-state index < -0.39 is 10.0 Å². The number of benzene rings is 2. The van der Waals surface area contributed by atoms with Gasteiger partial charge in [-0.3, -0.25) is 4.98 Å². The molecule has 2 aliphatic rings. The highest BCUT2D eigenvalue weighted by molar-refractivity contribution is 7.89. The summed E-state index contributed by atoms with van der Waals surface area (Å²) in [6.45, 7) is 2.70. The van der Waals surface area contributed by atoms with Crippen LogP contribution in [0.15, 0.2) is 59.8 Å². The number of pyridine rings is 1. The summed E-state index contributed by atoms with van der Waals surface area (Å²) in [6, 6.07) is 11.5. The molecule has 1 N–H and O–H groups in total. The molecule has 1 atom stereocenters. The largest absolute Gasteiger partial charge is 0.454 e. The van der Waals surface area contributed by atoms with E-state index in [2.05, 4.69) is 10.3 Å². The van der Waals surface area contributed by atoms with Gasteiger partial charge in [0, 0.05) is 60.6 Å². The van der Waals surface area contributed by atoms with E-state index in [-0.39, 0.29) is 43.4 Å². The van der Waals surface area contributed by atoms with Gasteiger partial charge in [-0.05, 0) is 31.2 Å². The van der Waals surface area contributed by atoms with E-state index in [1.807, 2.05) is 13.0 Å². The Hall–Kier alpha value is -3.37. The number of sulfonamides is 1. The molecule has 32 heavy (non-hydrogen) atoms. The van der Waals surface area contributed by atoms with Crippen molar-refractivity contribution < 1.29 is 22.7 Å². The summed E-state index contributed by atoms with van der Waals surface area (Å²) in [4.78, 5) is 18.8. The zero-order valence-corrected chi connectivity index (χ0v) is 18.2. The summed E-state index contributed by atoms with van der Waals surface area (Å²) in [5, 5.41) is 4.26. The molecule has 1 saturated heterocycles. The van der Waals surface area contributed by atoms with Gasteiger partial charge in [0.2, 0.25) is 16.8 Å². The number of carbonyl (C=O) groups excluding carboxylic acids is 1. The predicted octanol–water partition coefficient (Wildman–Crippen LogP) is 2.89. The highest BCUT2D eigenvalue weighted by Gasteiger charge is 2.35. The summed E-state index contributed by atoms with van der Waals surface area (Å²) in [7, 11) is -3.72. The Morgan fingerprint density at radius 1 is 1.12 bits per heavy atom. The van der Waals surface area contributed by atoms with Crippen LogP contribution in [-0.4, -0.2) is 61.1 Å². The number of ether oxygens (including phenoxy) is 2. The minimum Gasteiger partial charge on any atom is -0.454 e. The van der Waals surface area contributed by atoms with Crippen molar-refractivity contribution >= 4 is 32.5 Å². The monoisotopic (exact) mass is 454 g/mol. The van der Waals surface area contributed by atoms with E-state index >= 15 is 0 Å². The van der Waals surface area contributed by atoms with Gasteiger partial charge in [-0.25, -0.2) is 13.2 Å². The molecule has 0 spiro atoms. The second-order valence-electron chi connectivity index (χ2n) is 7.76. The molecule has 0 saturated carbocycles. The van der Waals surface area contributed by atoms with Gasteiger partial charge in [-0.1, -0.05) is 12.1 Å². The topological polar surface area (TPSA) is 101 Å². The Labute approximate surface area is 185 Å². The number of piperazine rings is 1. The number of carbonyl (C=O) groups is 1. The molecule has 3 heterocycles. The first-order valence-corrected chi connectivity index (χ1v) is 11.7. The molecule has 0 radical (unpaired) electrons. The van der Waals surface area contributed by atoms with Crippen molar-refractivity contribution in [1.29, 1.82) is 0 Å². The van der Waals surface area contributed by atoms with Crippen molar-refractivity contribution in [2.75, 3.05) is 31.7 Å². The molecule has 2 aromatic carbocycles. The first-order valence-electron chi connectivity index (χ1n) is 10.2. The number of aromatic nitrogens is 1. The third-order valence-corrected chi connectivity index (χ3v) is 7.66. The van der Waals surface area contributed by atoms with Crippen LogP contribution in [0.3, 0.4) is 0 Å². The molecular formula is C22H22N4O5S. The Balaban J connectivity index is 1.31.